The van der Waals surface area contributed by atoms with Gasteiger partial charge in [-0.25, -0.2) is 17.6 Å². The van der Waals surface area contributed by atoms with Crippen molar-refractivity contribution in [1.29, 1.82) is 0 Å². The number of nitrogens with zero attached hydrogens (tertiary/aromatic N) is 1. The highest BCUT2D eigenvalue weighted by molar-refractivity contribution is 7.92. The van der Waals surface area contributed by atoms with Gasteiger partial charge in [0, 0.05) is 22.8 Å². The summed E-state index contributed by atoms with van der Waals surface area (Å²) in [7, 11) is -3.91. The fourth-order valence-electron chi connectivity index (χ4n) is 4.04. The van der Waals surface area contributed by atoms with Crippen LogP contribution in [0.4, 0.5) is 9.18 Å². The van der Waals surface area contributed by atoms with E-state index < -0.39 is 37.8 Å². The van der Waals surface area contributed by atoms with Crippen molar-refractivity contribution in [3.63, 3.8) is 0 Å². The number of carbonyl (C=O) groups is 2. The smallest absolute Gasteiger partial charge is 0.410 e. The number of hydrogen-bond acceptors (Lipinski definition) is 7. The Morgan fingerprint density at radius 3 is 2.17 bits per heavy atom. The summed E-state index contributed by atoms with van der Waals surface area (Å²) in [5.41, 5.74) is -0.779. The Bertz CT molecular complexity index is 1210. The molecule has 10 heteroatoms. The number of halogens is 1. The van der Waals surface area contributed by atoms with Gasteiger partial charge in [-0.3, -0.25) is 4.79 Å². The molecule has 3 rings (SSSR count). The molecule has 0 spiro atoms. The summed E-state index contributed by atoms with van der Waals surface area (Å²) in [6.07, 6.45) is -0.959. The summed E-state index contributed by atoms with van der Waals surface area (Å²) < 4.78 is 50.5. The van der Waals surface area contributed by atoms with E-state index in [1.165, 1.54) is 28.4 Å². The zero-order chi connectivity index (χ0) is 26.9. The van der Waals surface area contributed by atoms with Gasteiger partial charge in [-0.2, -0.15) is 0 Å². The first-order valence-corrected chi connectivity index (χ1v) is 14.3. The lowest BCUT2D eigenvalue weighted by atomic mass is 9.97. The van der Waals surface area contributed by atoms with Crippen molar-refractivity contribution in [3.05, 3.63) is 47.1 Å². The summed E-state index contributed by atoms with van der Waals surface area (Å²) >= 11 is 1.24. The lowest BCUT2D eigenvalue weighted by Crippen LogP contribution is -2.40. The van der Waals surface area contributed by atoms with E-state index in [0.29, 0.717) is 4.88 Å². The minimum Gasteiger partial charge on any atom is -0.460 e. The Hall–Kier alpha value is -2.46. The fraction of sp³-hybridized carbons (Fsp3) is 0.538. The molecule has 0 aliphatic carbocycles. The second-order valence-electron chi connectivity index (χ2n) is 11.0. The Labute approximate surface area is 216 Å². The van der Waals surface area contributed by atoms with Crippen LogP contribution >= 0.6 is 11.3 Å². The average molecular weight is 540 g/mol. The Balaban J connectivity index is 2.03. The quantitative estimate of drug-likeness (QED) is 0.474. The van der Waals surface area contributed by atoms with Crippen LogP contribution in [-0.4, -0.2) is 55.4 Å². The van der Waals surface area contributed by atoms with Gasteiger partial charge >= 0.3 is 12.1 Å². The normalized spacial score (nSPS) is 20.5. The molecule has 0 bridgehead atoms. The summed E-state index contributed by atoms with van der Waals surface area (Å²) in [4.78, 5) is 28.3. The molecule has 1 amide bonds. The summed E-state index contributed by atoms with van der Waals surface area (Å²) in [6, 6.07) is 9.40. The first-order chi connectivity index (χ1) is 16.5. The van der Waals surface area contributed by atoms with Crippen LogP contribution in [0, 0.1) is 5.82 Å². The number of carbonyl (C=O) groups excluding carboxylic acids is 2. The van der Waals surface area contributed by atoms with Crippen LogP contribution in [-0.2, 0) is 28.9 Å². The molecule has 1 aromatic carbocycles. The van der Waals surface area contributed by atoms with E-state index in [9.17, 15) is 22.4 Å². The Morgan fingerprint density at radius 1 is 0.972 bits per heavy atom. The first-order valence-electron chi connectivity index (χ1n) is 11.8. The van der Waals surface area contributed by atoms with Crippen LogP contribution < -0.4 is 0 Å². The van der Waals surface area contributed by atoms with Gasteiger partial charge in [0.2, 0.25) is 0 Å². The predicted molar refractivity (Wildman–Crippen MR) is 138 cm³/mol. The molecular formula is C26H34FNO6S2. The largest absolute Gasteiger partial charge is 0.460 e. The minimum absolute atomic E-state index is 0.0111. The van der Waals surface area contributed by atoms with E-state index in [2.05, 4.69) is 0 Å². The van der Waals surface area contributed by atoms with Gasteiger partial charge in [0.25, 0.3) is 0 Å². The van der Waals surface area contributed by atoms with Gasteiger partial charge in [-0.1, -0.05) is 12.1 Å². The fourth-order valence-corrected chi connectivity index (χ4v) is 7.64. The molecule has 198 valence electrons. The molecule has 2 aromatic rings. The predicted octanol–water partition coefficient (Wildman–Crippen LogP) is 5.54. The van der Waals surface area contributed by atoms with E-state index in [4.69, 9.17) is 9.47 Å². The number of hydrogen-bond donors (Lipinski definition) is 0. The second-order valence-corrected chi connectivity index (χ2v) is 14.5. The van der Waals surface area contributed by atoms with E-state index in [-0.39, 0.29) is 37.5 Å². The molecule has 2 heterocycles. The zero-order valence-corrected chi connectivity index (χ0v) is 23.2. The van der Waals surface area contributed by atoms with E-state index >= 15 is 0 Å². The van der Waals surface area contributed by atoms with Crippen molar-refractivity contribution in [2.24, 2.45) is 0 Å². The summed E-state index contributed by atoms with van der Waals surface area (Å²) in [6.45, 7) is 10.5. The van der Waals surface area contributed by atoms with Crippen LogP contribution in [0.1, 0.15) is 59.3 Å². The molecule has 1 atom stereocenters. The highest BCUT2D eigenvalue weighted by Gasteiger charge is 2.50. The van der Waals surface area contributed by atoms with Crippen molar-refractivity contribution in [3.8, 4) is 10.4 Å². The molecule has 1 aromatic heterocycles. The number of sulfone groups is 1. The number of rotatable bonds is 4. The van der Waals surface area contributed by atoms with Crippen molar-refractivity contribution in [1.82, 2.24) is 4.90 Å². The topological polar surface area (TPSA) is 90.0 Å². The maximum absolute atomic E-state index is 13.8. The van der Waals surface area contributed by atoms with E-state index in [0.717, 1.165) is 10.4 Å². The Morgan fingerprint density at radius 2 is 1.58 bits per heavy atom. The van der Waals surface area contributed by atoms with Gasteiger partial charge in [0.05, 0.1) is 12.2 Å². The standard InChI is InChI=1S/C26H34FNO6S2/c1-24(2,3)33-22(29)17-26(21-12-11-20(35-21)18-7-9-19(27)10-8-18)13-14-28(15-16-36(26,31)32)23(30)34-25(4,5)6/h7-12H,13-17H2,1-6H3. The number of ether oxygens (including phenoxy) is 2. The third-order valence-corrected chi connectivity index (χ3v) is 9.64. The lowest BCUT2D eigenvalue weighted by molar-refractivity contribution is -0.155. The molecule has 1 aliphatic heterocycles. The highest BCUT2D eigenvalue weighted by atomic mass is 32.2. The molecule has 1 fully saturated rings. The monoisotopic (exact) mass is 539 g/mol. The number of amides is 1. The molecule has 1 saturated heterocycles. The van der Waals surface area contributed by atoms with Gasteiger partial charge in [-0.15, -0.1) is 11.3 Å². The molecule has 0 N–H and O–H groups in total. The maximum atomic E-state index is 13.8. The summed E-state index contributed by atoms with van der Waals surface area (Å²) in [5.74, 6) is -1.32. The van der Waals surface area contributed by atoms with Gasteiger partial charge in [0.1, 0.15) is 21.8 Å². The third kappa shape index (κ3) is 6.64. The van der Waals surface area contributed by atoms with Crippen molar-refractivity contribution in [2.75, 3.05) is 18.8 Å². The van der Waals surface area contributed by atoms with Gasteiger partial charge in [0.15, 0.2) is 9.84 Å². The van der Waals surface area contributed by atoms with Crippen molar-refractivity contribution < 1.29 is 31.9 Å². The number of benzene rings is 1. The maximum Gasteiger partial charge on any atom is 0.410 e. The molecular weight excluding hydrogens is 505 g/mol. The lowest BCUT2D eigenvalue weighted by Gasteiger charge is -2.32. The highest BCUT2D eigenvalue weighted by Crippen LogP contribution is 2.45. The van der Waals surface area contributed by atoms with Crippen LogP contribution in [0.25, 0.3) is 10.4 Å². The summed E-state index contributed by atoms with van der Waals surface area (Å²) in [5, 5.41) is 0. The molecule has 0 saturated carbocycles. The molecule has 7 nitrogen and oxygen atoms in total. The number of thiophene rings is 1. The number of esters is 1. The van der Waals surface area contributed by atoms with Crippen LogP contribution in [0.15, 0.2) is 36.4 Å². The molecule has 1 unspecified atom stereocenters. The van der Waals surface area contributed by atoms with Gasteiger partial charge < -0.3 is 14.4 Å². The first kappa shape index (κ1) is 28.1. The second kappa shape index (κ2) is 10.1. The molecule has 1 aliphatic rings. The average Bonchev–Trinajstić information content (AvgIpc) is 3.16. The van der Waals surface area contributed by atoms with Crippen LogP contribution in [0.5, 0.6) is 0 Å². The van der Waals surface area contributed by atoms with Crippen LogP contribution in [0.3, 0.4) is 0 Å². The zero-order valence-electron chi connectivity index (χ0n) is 21.6. The van der Waals surface area contributed by atoms with Crippen LogP contribution in [0.2, 0.25) is 0 Å². The third-order valence-electron chi connectivity index (χ3n) is 5.70. The SMILES string of the molecule is CC(C)(C)OC(=O)CC1(c2ccc(-c3ccc(F)cc3)s2)CCN(C(=O)OC(C)(C)C)CCS1(=O)=O. The molecule has 36 heavy (non-hydrogen) atoms. The minimum atomic E-state index is -3.91. The van der Waals surface area contributed by atoms with Gasteiger partial charge in [-0.05, 0) is 77.8 Å². The van der Waals surface area contributed by atoms with Crippen molar-refractivity contribution in [2.45, 2.75) is 70.3 Å². The van der Waals surface area contributed by atoms with E-state index in [1.54, 1.807) is 65.8 Å². The Kier molecular flexibility index (Phi) is 7.91. The van der Waals surface area contributed by atoms with Crippen molar-refractivity contribution >= 4 is 33.2 Å². The van der Waals surface area contributed by atoms with E-state index in [1.807, 2.05) is 0 Å². The molecule has 0 radical (unpaired) electrons.